The van der Waals surface area contributed by atoms with E-state index < -0.39 is 0 Å². The van der Waals surface area contributed by atoms with Crippen LogP contribution in [0.15, 0.2) is 53.5 Å². The zero-order valence-corrected chi connectivity index (χ0v) is 9.45. The van der Waals surface area contributed by atoms with Crippen LogP contribution < -0.4 is 0 Å². The summed E-state index contributed by atoms with van der Waals surface area (Å²) < 4.78 is 6.87. The van der Waals surface area contributed by atoms with Gasteiger partial charge in [-0.2, -0.15) is 0 Å². The lowest BCUT2D eigenvalue weighted by atomic mass is 10.2. The first-order valence-electron chi connectivity index (χ1n) is 5.49. The van der Waals surface area contributed by atoms with Crippen molar-refractivity contribution in [3.8, 4) is 0 Å². The smallest absolute Gasteiger partial charge is 0.293 e. The van der Waals surface area contributed by atoms with Crippen molar-refractivity contribution in [2.45, 2.75) is 6.54 Å². The average Bonchev–Trinajstić information content (AvgIpc) is 2.99. The molecule has 3 aromatic rings. The molecule has 0 spiro atoms. The molecule has 0 N–H and O–H groups in total. The quantitative estimate of drug-likeness (QED) is 0.523. The van der Waals surface area contributed by atoms with Gasteiger partial charge in [-0.15, -0.1) is 0 Å². The van der Waals surface area contributed by atoms with Crippen molar-refractivity contribution in [2.75, 3.05) is 0 Å². The van der Waals surface area contributed by atoms with Gasteiger partial charge < -0.3 is 8.98 Å². The molecule has 1 aromatic carbocycles. The third-order valence-corrected chi connectivity index (χ3v) is 2.90. The molecule has 0 amide bonds. The van der Waals surface area contributed by atoms with Gasteiger partial charge in [0, 0.05) is 23.2 Å². The highest BCUT2D eigenvalue weighted by molar-refractivity contribution is 5.88. The Bertz CT molecular complexity index is 698. The van der Waals surface area contributed by atoms with Crippen LogP contribution in [-0.2, 0) is 6.54 Å². The first kappa shape index (κ1) is 10.6. The minimum absolute atomic E-state index is 0.126. The normalized spacial score (nSPS) is 10.9. The monoisotopic (exact) mass is 242 g/mol. The summed E-state index contributed by atoms with van der Waals surface area (Å²) in [7, 11) is 0. The molecule has 3 rings (SSSR count). The lowest BCUT2D eigenvalue weighted by molar-refractivity contribution is -0.383. The highest BCUT2D eigenvalue weighted by Gasteiger charge is 2.15. The molecule has 0 saturated heterocycles. The second-order valence-electron chi connectivity index (χ2n) is 4.05. The maximum absolute atomic E-state index is 11.0. The Balaban J connectivity index is 2.15. The number of fused-ring (bicyclic) bond motifs is 1. The van der Waals surface area contributed by atoms with E-state index in [-0.39, 0.29) is 10.6 Å². The predicted molar refractivity (Wildman–Crippen MR) is 66.4 cm³/mol. The summed E-state index contributed by atoms with van der Waals surface area (Å²) in [4.78, 5) is 10.7. The zero-order valence-electron chi connectivity index (χ0n) is 9.45. The van der Waals surface area contributed by atoms with Crippen LogP contribution in [-0.4, -0.2) is 9.49 Å². The number of benzene rings is 1. The molecule has 2 heterocycles. The number of non-ortho nitro benzene ring substituents is 1. The van der Waals surface area contributed by atoms with Crippen molar-refractivity contribution >= 4 is 16.6 Å². The van der Waals surface area contributed by atoms with Gasteiger partial charge >= 0.3 is 0 Å². The molecule has 0 fully saturated rings. The van der Waals surface area contributed by atoms with E-state index in [0.717, 1.165) is 10.9 Å². The highest BCUT2D eigenvalue weighted by Crippen LogP contribution is 2.27. The Morgan fingerprint density at radius 3 is 2.89 bits per heavy atom. The molecule has 0 aliphatic carbocycles. The van der Waals surface area contributed by atoms with Gasteiger partial charge in [0.25, 0.3) is 5.69 Å². The summed E-state index contributed by atoms with van der Waals surface area (Å²) in [5.41, 5.74) is 1.75. The number of nitro groups is 1. The fraction of sp³-hybridized carbons (Fsp3) is 0.0769. The van der Waals surface area contributed by atoms with Gasteiger partial charge in [0.1, 0.15) is 5.52 Å². The molecule has 18 heavy (non-hydrogen) atoms. The van der Waals surface area contributed by atoms with Gasteiger partial charge in [-0.3, -0.25) is 10.1 Å². The summed E-state index contributed by atoms with van der Waals surface area (Å²) in [6.45, 7) is 0.560. The first-order valence-corrected chi connectivity index (χ1v) is 5.49. The van der Waals surface area contributed by atoms with E-state index >= 15 is 0 Å². The zero-order chi connectivity index (χ0) is 12.5. The van der Waals surface area contributed by atoms with E-state index in [0.29, 0.717) is 12.1 Å². The van der Waals surface area contributed by atoms with E-state index in [2.05, 4.69) is 0 Å². The van der Waals surface area contributed by atoms with Crippen LogP contribution in [0.1, 0.15) is 5.56 Å². The number of aromatic nitrogens is 1. The van der Waals surface area contributed by atoms with Gasteiger partial charge in [0.2, 0.25) is 0 Å². The summed E-state index contributed by atoms with van der Waals surface area (Å²) in [5, 5.41) is 11.9. The molecule has 90 valence electrons. The molecule has 5 heteroatoms. The van der Waals surface area contributed by atoms with Crippen LogP contribution in [0.5, 0.6) is 0 Å². The molecule has 0 aliphatic rings. The van der Waals surface area contributed by atoms with Crippen LogP contribution in [0.25, 0.3) is 10.9 Å². The lowest BCUT2D eigenvalue weighted by Crippen LogP contribution is -1.99. The van der Waals surface area contributed by atoms with Gasteiger partial charge in [0.15, 0.2) is 0 Å². The SMILES string of the molecule is O=[N+]([O-])c1cccc2ccn(Cc3ccoc3)c12. The van der Waals surface area contributed by atoms with Crippen LogP contribution in [0.4, 0.5) is 5.69 Å². The fourth-order valence-corrected chi connectivity index (χ4v) is 2.10. The predicted octanol–water partition coefficient (Wildman–Crippen LogP) is 3.19. The van der Waals surface area contributed by atoms with Crippen molar-refractivity contribution in [1.82, 2.24) is 4.57 Å². The number of nitrogens with zero attached hydrogens (tertiary/aromatic N) is 2. The first-order chi connectivity index (χ1) is 8.75. The summed E-state index contributed by atoms with van der Waals surface area (Å²) in [6.07, 6.45) is 5.08. The van der Waals surface area contributed by atoms with Crippen LogP contribution in [0, 0.1) is 10.1 Å². The third kappa shape index (κ3) is 1.66. The van der Waals surface area contributed by atoms with Crippen molar-refractivity contribution in [3.05, 3.63) is 64.7 Å². The van der Waals surface area contributed by atoms with E-state index in [4.69, 9.17) is 4.42 Å². The van der Waals surface area contributed by atoms with Crippen molar-refractivity contribution < 1.29 is 9.34 Å². The van der Waals surface area contributed by atoms with Gasteiger partial charge in [0.05, 0.1) is 24.0 Å². The van der Waals surface area contributed by atoms with Crippen molar-refractivity contribution in [3.63, 3.8) is 0 Å². The van der Waals surface area contributed by atoms with Crippen LogP contribution in [0.3, 0.4) is 0 Å². The van der Waals surface area contributed by atoms with Gasteiger partial charge in [-0.05, 0) is 12.1 Å². The second kappa shape index (κ2) is 4.03. The summed E-state index contributed by atoms with van der Waals surface area (Å²) in [6, 6.07) is 8.81. The maximum Gasteiger partial charge on any atom is 0.293 e. The minimum Gasteiger partial charge on any atom is -0.472 e. The Morgan fingerprint density at radius 2 is 2.17 bits per heavy atom. The highest BCUT2D eigenvalue weighted by atomic mass is 16.6. The summed E-state index contributed by atoms with van der Waals surface area (Å²) in [5.74, 6) is 0. The molecule has 0 atom stereocenters. The number of para-hydroxylation sites is 1. The molecule has 0 radical (unpaired) electrons. The molecule has 2 aromatic heterocycles. The summed E-state index contributed by atoms with van der Waals surface area (Å²) >= 11 is 0. The average molecular weight is 242 g/mol. The molecule has 0 bridgehead atoms. The lowest BCUT2D eigenvalue weighted by Gasteiger charge is -2.03. The van der Waals surface area contributed by atoms with Gasteiger partial charge in [-0.1, -0.05) is 12.1 Å². The Morgan fingerprint density at radius 1 is 1.28 bits per heavy atom. The van der Waals surface area contributed by atoms with E-state index in [1.165, 1.54) is 6.07 Å². The largest absolute Gasteiger partial charge is 0.472 e. The number of hydrogen-bond donors (Lipinski definition) is 0. The molecular weight excluding hydrogens is 232 g/mol. The fourth-order valence-electron chi connectivity index (χ4n) is 2.10. The Kier molecular flexibility index (Phi) is 2.37. The van der Waals surface area contributed by atoms with Crippen LogP contribution >= 0.6 is 0 Å². The number of nitro benzene ring substituents is 1. The van der Waals surface area contributed by atoms with E-state index in [1.807, 2.05) is 29.0 Å². The molecule has 0 saturated carbocycles. The molecule has 0 aliphatic heterocycles. The minimum atomic E-state index is -0.353. The second-order valence-corrected chi connectivity index (χ2v) is 4.05. The standard InChI is InChI=1S/C13H10N2O3/c16-15(17)12-3-1-2-11-4-6-14(13(11)12)8-10-5-7-18-9-10/h1-7,9H,8H2. The number of furan rings is 1. The number of rotatable bonds is 3. The topological polar surface area (TPSA) is 61.2 Å². The van der Waals surface area contributed by atoms with Crippen molar-refractivity contribution in [1.29, 1.82) is 0 Å². The van der Waals surface area contributed by atoms with E-state index in [9.17, 15) is 10.1 Å². The molecular formula is C13H10N2O3. The maximum atomic E-state index is 11.0. The van der Waals surface area contributed by atoms with E-state index in [1.54, 1.807) is 18.6 Å². The third-order valence-electron chi connectivity index (χ3n) is 2.90. The van der Waals surface area contributed by atoms with Gasteiger partial charge in [-0.25, -0.2) is 0 Å². The molecule has 5 nitrogen and oxygen atoms in total. The Labute approximate surface area is 102 Å². The number of hydrogen-bond acceptors (Lipinski definition) is 3. The molecule has 0 unspecified atom stereocenters. The van der Waals surface area contributed by atoms with Crippen molar-refractivity contribution in [2.24, 2.45) is 0 Å². The Hall–Kier alpha value is -2.56. The van der Waals surface area contributed by atoms with Crippen LogP contribution in [0.2, 0.25) is 0 Å².